The van der Waals surface area contributed by atoms with Crippen LogP contribution in [0.3, 0.4) is 0 Å². The second-order valence-corrected chi connectivity index (χ2v) is 4.65. The lowest BCUT2D eigenvalue weighted by Crippen LogP contribution is -2.36. The fraction of sp³-hybridized carbons (Fsp3) is 0.667. The van der Waals surface area contributed by atoms with Crippen molar-refractivity contribution in [3.8, 4) is 0 Å². The lowest BCUT2D eigenvalue weighted by Gasteiger charge is -2.26. The molecular weight excluding hydrogens is 246 g/mol. The number of amides is 2. The summed E-state index contributed by atoms with van der Waals surface area (Å²) in [6, 6.07) is 0. The van der Waals surface area contributed by atoms with E-state index in [0.29, 0.717) is 38.2 Å². The third-order valence-electron chi connectivity index (χ3n) is 3.17. The van der Waals surface area contributed by atoms with Gasteiger partial charge in [0, 0.05) is 25.9 Å². The van der Waals surface area contributed by atoms with Gasteiger partial charge in [0.25, 0.3) is 0 Å². The van der Waals surface area contributed by atoms with E-state index in [4.69, 9.17) is 0 Å². The zero-order valence-corrected chi connectivity index (χ0v) is 10.9. The first-order chi connectivity index (χ1) is 9.25. The van der Waals surface area contributed by atoms with Crippen LogP contribution in [0.5, 0.6) is 0 Å². The monoisotopic (exact) mass is 265 g/mol. The van der Waals surface area contributed by atoms with E-state index >= 15 is 0 Å². The lowest BCUT2D eigenvalue weighted by molar-refractivity contribution is -0.133. The third-order valence-corrected chi connectivity index (χ3v) is 3.17. The van der Waals surface area contributed by atoms with Gasteiger partial charge >= 0.3 is 0 Å². The fourth-order valence-corrected chi connectivity index (χ4v) is 2.12. The van der Waals surface area contributed by atoms with Crippen LogP contribution in [-0.2, 0) is 16.1 Å². The van der Waals surface area contributed by atoms with Crippen LogP contribution in [0.2, 0.25) is 0 Å². The molecule has 1 fully saturated rings. The van der Waals surface area contributed by atoms with Crippen LogP contribution in [0.1, 0.15) is 37.9 Å². The van der Waals surface area contributed by atoms with Crippen LogP contribution in [0.4, 0.5) is 0 Å². The molecule has 19 heavy (non-hydrogen) atoms. The highest BCUT2D eigenvalue weighted by molar-refractivity contribution is 5.77. The molecule has 0 spiro atoms. The highest BCUT2D eigenvalue weighted by Gasteiger charge is 2.17. The number of hydrogen-bond donors (Lipinski definition) is 2. The van der Waals surface area contributed by atoms with E-state index in [1.165, 1.54) is 6.33 Å². The number of H-pyrrole nitrogens is 1. The molecular formula is C12H19N5O2. The summed E-state index contributed by atoms with van der Waals surface area (Å²) in [5.41, 5.74) is 0. The van der Waals surface area contributed by atoms with Gasteiger partial charge in [-0.05, 0) is 19.3 Å². The molecule has 1 aromatic heterocycles. The number of aromatic amines is 1. The zero-order chi connectivity index (χ0) is 13.5. The topological polar surface area (TPSA) is 91.0 Å². The van der Waals surface area contributed by atoms with Crippen LogP contribution in [0, 0.1) is 0 Å². The van der Waals surface area contributed by atoms with Gasteiger partial charge in [-0.3, -0.25) is 14.7 Å². The number of nitrogens with one attached hydrogen (secondary N) is 2. The summed E-state index contributed by atoms with van der Waals surface area (Å²) in [6.45, 7) is 1.87. The number of carbonyl (C=O) groups excluding carboxylic acids is 2. The molecule has 0 bridgehead atoms. The Hall–Kier alpha value is -1.92. The van der Waals surface area contributed by atoms with Gasteiger partial charge in [-0.15, -0.1) is 0 Å². The van der Waals surface area contributed by atoms with Gasteiger partial charge in [0.2, 0.25) is 11.8 Å². The van der Waals surface area contributed by atoms with E-state index in [0.717, 1.165) is 19.4 Å². The number of likely N-dealkylation sites (tertiary alicyclic amines) is 1. The zero-order valence-electron chi connectivity index (χ0n) is 10.9. The van der Waals surface area contributed by atoms with Crippen LogP contribution < -0.4 is 5.32 Å². The molecule has 2 rings (SSSR count). The molecule has 7 nitrogen and oxygen atoms in total. The van der Waals surface area contributed by atoms with Crippen LogP contribution in [0.25, 0.3) is 0 Å². The Labute approximate surface area is 111 Å². The van der Waals surface area contributed by atoms with Gasteiger partial charge in [-0.2, -0.15) is 5.10 Å². The minimum Gasteiger partial charge on any atom is -0.349 e. The van der Waals surface area contributed by atoms with Crippen molar-refractivity contribution < 1.29 is 9.59 Å². The Morgan fingerprint density at radius 2 is 2.37 bits per heavy atom. The first-order valence-electron chi connectivity index (χ1n) is 6.64. The van der Waals surface area contributed by atoms with E-state index in [2.05, 4.69) is 20.5 Å². The summed E-state index contributed by atoms with van der Waals surface area (Å²) < 4.78 is 0. The molecule has 1 aliphatic heterocycles. The predicted molar refractivity (Wildman–Crippen MR) is 67.9 cm³/mol. The van der Waals surface area contributed by atoms with E-state index in [1.54, 1.807) is 0 Å². The summed E-state index contributed by atoms with van der Waals surface area (Å²) in [5.74, 6) is 0.828. The van der Waals surface area contributed by atoms with Crippen molar-refractivity contribution in [1.29, 1.82) is 0 Å². The van der Waals surface area contributed by atoms with Crippen molar-refractivity contribution in [1.82, 2.24) is 25.4 Å². The summed E-state index contributed by atoms with van der Waals surface area (Å²) in [4.78, 5) is 28.9. The molecule has 0 radical (unpaired) electrons. The fourth-order valence-electron chi connectivity index (χ4n) is 2.12. The molecule has 104 valence electrons. The first-order valence-corrected chi connectivity index (χ1v) is 6.64. The Kier molecular flexibility index (Phi) is 4.88. The molecule has 0 saturated carbocycles. The molecule has 1 aliphatic rings. The highest BCUT2D eigenvalue weighted by Crippen LogP contribution is 2.11. The lowest BCUT2D eigenvalue weighted by atomic mass is 10.1. The van der Waals surface area contributed by atoms with Crippen molar-refractivity contribution in [3.63, 3.8) is 0 Å². The summed E-state index contributed by atoms with van der Waals surface area (Å²) >= 11 is 0. The average molecular weight is 265 g/mol. The normalized spacial score (nSPS) is 15.6. The highest BCUT2D eigenvalue weighted by atomic mass is 16.2. The molecule has 2 amide bonds. The van der Waals surface area contributed by atoms with Crippen LogP contribution >= 0.6 is 0 Å². The number of hydrogen-bond acceptors (Lipinski definition) is 4. The average Bonchev–Trinajstić information content (AvgIpc) is 2.92. The van der Waals surface area contributed by atoms with E-state index in [9.17, 15) is 9.59 Å². The Bertz CT molecular complexity index is 418. The number of aromatic nitrogens is 3. The van der Waals surface area contributed by atoms with E-state index in [-0.39, 0.29) is 11.8 Å². The second-order valence-electron chi connectivity index (χ2n) is 4.65. The van der Waals surface area contributed by atoms with Crippen LogP contribution in [-0.4, -0.2) is 45.0 Å². The molecule has 2 N–H and O–H groups in total. The maximum Gasteiger partial charge on any atom is 0.222 e. The first kappa shape index (κ1) is 13.5. The summed E-state index contributed by atoms with van der Waals surface area (Å²) in [7, 11) is 0. The van der Waals surface area contributed by atoms with Gasteiger partial charge in [-0.1, -0.05) is 0 Å². The standard InChI is InChI=1S/C12H19N5O2/c18-11(13-8-10-14-9-15-16-10)4-3-7-17-6-2-1-5-12(17)19/h9H,1-8H2,(H,13,18)(H,14,15,16). The quantitative estimate of drug-likeness (QED) is 0.769. The molecule has 1 aromatic rings. The molecule has 2 heterocycles. The van der Waals surface area contributed by atoms with Gasteiger partial charge in [0.15, 0.2) is 0 Å². The minimum atomic E-state index is -0.0270. The maximum atomic E-state index is 11.6. The number of rotatable bonds is 6. The number of carbonyl (C=O) groups is 2. The Morgan fingerprint density at radius 3 is 3.11 bits per heavy atom. The molecule has 7 heteroatoms. The van der Waals surface area contributed by atoms with Crippen molar-refractivity contribution in [2.75, 3.05) is 13.1 Å². The van der Waals surface area contributed by atoms with Gasteiger partial charge in [0.05, 0.1) is 6.54 Å². The van der Waals surface area contributed by atoms with E-state index < -0.39 is 0 Å². The third kappa shape index (κ3) is 4.35. The Morgan fingerprint density at radius 1 is 1.47 bits per heavy atom. The smallest absolute Gasteiger partial charge is 0.222 e. The molecule has 0 aliphatic carbocycles. The summed E-state index contributed by atoms with van der Waals surface area (Å²) in [6.07, 6.45) is 5.25. The summed E-state index contributed by atoms with van der Waals surface area (Å²) in [5, 5.41) is 9.14. The van der Waals surface area contributed by atoms with Crippen LogP contribution in [0.15, 0.2) is 6.33 Å². The second kappa shape index (κ2) is 6.86. The largest absolute Gasteiger partial charge is 0.349 e. The SMILES string of the molecule is O=C(CCCN1CCCCC1=O)NCc1ncn[nH]1. The van der Waals surface area contributed by atoms with Gasteiger partial charge in [-0.25, -0.2) is 4.98 Å². The number of nitrogens with zero attached hydrogens (tertiary/aromatic N) is 3. The van der Waals surface area contributed by atoms with Gasteiger partial charge < -0.3 is 10.2 Å². The van der Waals surface area contributed by atoms with Crippen molar-refractivity contribution in [2.24, 2.45) is 0 Å². The van der Waals surface area contributed by atoms with Crippen molar-refractivity contribution in [2.45, 2.75) is 38.6 Å². The Balaban J connectivity index is 1.59. The number of piperidine rings is 1. The minimum absolute atomic E-state index is 0.0270. The van der Waals surface area contributed by atoms with Gasteiger partial charge in [0.1, 0.15) is 12.2 Å². The molecule has 0 atom stereocenters. The maximum absolute atomic E-state index is 11.6. The van der Waals surface area contributed by atoms with E-state index in [1.807, 2.05) is 4.90 Å². The molecule has 0 unspecified atom stereocenters. The molecule has 0 aromatic carbocycles. The van der Waals surface area contributed by atoms with Crippen molar-refractivity contribution >= 4 is 11.8 Å². The molecule has 1 saturated heterocycles. The van der Waals surface area contributed by atoms with Crippen molar-refractivity contribution in [3.05, 3.63) is 12.2 Å². The predicted octanol–water partition coefficient (Wildman–Crippen LogP) is 0.214.